The van der Waals surface area contributed by atoms with Gasteiger partial charge in [0.05, 0.1) is 6.20 Å². The molecule has 1 aromatic carbocycles. The van der Waals surface area contributed by atoms with Gasteiger partial charge in [-0.25, -0.2) is 4.98 Å². The first kappa shape index (κ1) is 10.6. The lowest BCUT2D eigenvalue weighted by atomic mass is 10.2. The predicted octanol–water partition coefficient (Wildman–Crippen LogP) is 2.07. The molecule has 0 aliphatic rings. The van der Waals surface area contributed by atoms with Crippen LogP contribution in [0, 0.1) is 11.3 Å². The molecular formula is C11H6BrN3O. The Morgan fingerprint density at radius 3 is 2.88 bits per heavy atom. The highest BCUT2D eigenvalue weighted by Crippen LogP contribution is 2.18. The number of hydrogen-bond acceptors (Lipinski definition) is 3. The Hall–Kier alpha value is -1.93. The Morgan fingerprint density at radius 2 is 2.25 bits per heavy atom. The summed E-state index contributed by atoms with van der Waals surface area (Å²) in [5.41, 5.74) is 0.377. The van der Waals surface area contributed by atoms with Gasteiger partial charge in [-0.3, -0.25) is 4.79 Å². The third kappa shape index (κ3) is 2.02. The van der Waals surface area contributed by atoms with Crippen LogP contribution in [0.4, 0.5) is 0 Å². The molecule has 2 aromatic rings. The number of nitrogens with one attached hydrogen (secondary N) is 1. The average Bonchev–Trinajstić information content (AvgIpc) is 2.29. The van der Waals surface area contributed by atoms with Crippen LogP contribution >= 0.6 is 15.9 Å². The minimum Gasteiger partial charge on any atom is -0.305 e. The second-order valence-corrected chi connectivity index (χ2v) is 4.01. The molecule has 16 heavy (non-hydrogen) atoms. The van der Waals surface area contributed by atoms with Crippen LogP contribution in [-0.2, 0) is 0 Å². The summed E-state index contributed by atoms with van der Waals surface area (Å²) in [6.45, 7) is 0. The van der Waals surface area contributed by atoms with E-state index in [9.17, 15) is 4.79 Å². The minimum absolute atomic E-state index is 0.0127. The van der Waals surface area contributed by atoms with Crippen molar-refractivity contribution in [3.63, 3.8) is 0 Å². The zero-order valence-electron chi connectivity index (χ0n) is 8.07. The zero-order valence-corrected chi connectivity index (χ0v) is 9.65. The zero-order chi connectivity index (χ0) is 11.5. The number of aromatic nitrogens is 2. The van der Waals surface area contributed by atoms with Crippen molar-refractivity contribution in [2.24, 2.45) is 0 Å². The van der Waals surface area contributed by atoms with E-state index in [-0.39, 0.29) is 5.56 Å². The maximum Gasteiger partial charge on any atom is 0.269 e. The first-order valence-corrected chi connectivity index (χ1v) is 5.25. The van der Waals surface area contributed by atoms with E-state index in [1.54, 1.807) is 6.07 Å². The van der Waals surface area contributed by atoms with Crippen LogP contribution < -0.4 is 5.56 Å². The largest absolute Gasteiger partial charge is 0.305 e. The summed E-state index contributed by atoms with van der Waals surface area (Å²) in [4.78, 5) is 18.0. The van der Waals surface area contributed by atoms with Gasteiger partial charge in [0.1, 0.15) is 17.5 Å². The summed E-state index contributed by atoms with van der Waals surface area (Å²) >= 11 is 3.33. The van der Waals surface area contributed by atoms with Crippen molar-refractivity contribution in [2.75, 3.05) is 0 Å². The van der Waals surface area contributed by atoms with Crippen LogP contribution in [-0.4, -0.2) is 9.97 Å². The van der Waals surface area contributed by atoms with Gasteiger partial charge >= 0.3 is 0 Å². The topological polar surface area (TPSA) is 69.5 Å². The lowest BCUT2D eigenvalue weighted by Crippen LogP contribution is -2.11. The number of nitriles is 1. The first-order chi connectivity index (χ1) is 7.70. The molecule has 78 valence electrons. The summed E-state index contributed by atoms with van der Waals surface area (Å²) in [5.74, 6) is 0.449. The molecule has 0 bridgehead atoms. The summed E-state index contributed by atoms with van der Waals surface area (Å²) in [7, 11) is 0. The highest BCUT2D eigenvalue weighted by molar-refractivity contribution is 9.10. The summed E-state index contributed by atoms with van der Waals surface area (Å²) < 4.78 is 0.900. The molecule has 0 saturated heterocycles. The minimum atomic E-state index is -0.424. The molecule has 0 aliphatic carbocycles. The molecule has 0 aliphatic heterocycles. The van der Waals surface area contributed by atoms with E-state index in [0.717, 1.165) is 10.0 Å². The standard InChI is InChI=1S/C11H6BrN3O/c12-9-3-1-2-7(4-9)10-14-6-8(5-13)11(16)15-10/h1-4,6H,(H,14,15,16). The van der Waals surface area contributed by atoms with Crippen LogP contribution in [0.5, 0.6) is 0 Å². The van der Waals surface area contributed by atoms with E-state index in [1.807, 2.05) is 24.3 Å². The van der Waals surface area contributed by atoms with E-state index in [1.165, 1.54) is 6.20 Å². The molecule has 4 nitrogen and oxygen atoms in total. The molecule has 0 amide bonds. The van der Waals surface area contributed by atoms with E-state index in [2.05, 4.69) is 25.9 Å². The van der Waals surface area contributed by atoms with Crippen LogP contribution in [0.1, 0.15) is 5.56 Å². The van der Waals surface area contributed by atoms with E-state index < -0.39 is 5.56 Å². The van der Waals surface area contributed by atoms with Crippen molar-refractivity contribution >= 4 is 15.9 Å². The maximum absolute atomic E-state index is 11.4. The van der Waals surface area contributed by atoms with Gasteiger partial charge < -0.3 is 4.98 Å². The third-order valence-corrected chi connectivity index (χ3v) is 2.51. The van der Waals surface area contributed by atoms with Gasteiger partial charge in [-0.2, -0.15) is 5.26 Å². The van der Waals surface area contributed by atoms with Gasteiger partial charge in [-0.1, -0.05) is 28.1 Å². The number of benzene rings is 1. The van der Waals surface area contributed by atoms with Crippen molar-refractivity contribution in [1.82, 2.24) is 9.97 Å². The second-order valence-electron chi connectivity index (χ2n) is 3.10. The maximum atomic E-state index is 11.4. The fraction of sp³-hybridized carbons (Fsp3) is 0. The van der Waals surface area contributed by atoms with E-state index >= 15 is 0 Å². The monoisotopic (exact) mass is 275 g/mol. The highest BCUT2D eigenvalue weighted by Gasteiger charge is 2.03. The fourth-order valence-electron chi connectivity index (χ4n) is 1.26. The molecule has 0 atom stereocenters. The van der Waals surface area contributed by atoms with E-state index in [0.29, 0.717) is 5.82 Å². The number of halogens is 1. The Balaban J connectivity index is 2.55. The summed E-state index contributed by atoms with van der Waals surface area (Å²) in [6, 6.07) is 9.16. The summed E-state index contributed by atoms with van der Waals surface area (Å²) in [5, 5.41) is 8.61. The SMILES string of the molecule is N#Cc1cnc(-c2cccc(Br)c2)[nH]c1=O. The van der Waals surface area contributed by atoms with Crippen molar-refractivity contribution in [2.45, 2.75) is 0 Å². The van der Waals surface area contributed by atoms with Crippen molar-refractivity contribution in [3.8, 4) is 17.5 Å². The molecule has 1 N–H and O–H groups in total. The average molecular weight is 276 g/mol. The molecule has 2 rings (SSSR count). The Morgan fingerprint density at radius 1 is 1.44 bits per heavy atom. The predicted molar refractivity (Wildman–Crippen MR) is 62.7 cm³/mol. The fourth-order valence-corrected chi connectivity index (χ4v) is 1.66. The van der Waals surface area contributed by atoms with Crippen LogP contribution in [0.3, 0.4) is 0 Å². The van der Waals surface area contributed by atoms with Gasteiger partial charge in [-0.05, 0) is 12.1 Å². The lowest BCUT2D eigenvalue weighted by molar-refractivity contribution is 1.11. The smallest absolute Gasteiger partial charge is 0.269 e. The van der Waals surface area contributed by atoms with Crippen molar-refractivity contribution < 1.29 is 0 Å². The molecule has 0 fully saturated rings. The quantitative estimate of drug-likeness (QED) is 0.866. The molecule has 0 saturated carbocycles. The highest BCUT2D eigenvalue weighted by atomic mass is 79.9. The van der Waals surface area contributed by atoms with Crippen LogP contribution in [0.15, 0.2) is 39.7 Å². The number of nitrogens with zero attached hydrogens (tertiary/aromatic N) is 2. The van der Waals surface area contributed by atoms with Gasteiger partial charge in [0.15, 0.2) is 0 Å². The molecule has 0 radical (unpaired) electrons. The van der Waals surface area contributed by atoms with Crippen molar-refractivity contribution in [3.05, 3.63) is 50.9 Å². The number of H-pyrrole nitrogens is 1. The van der Waals surface area contributed by atoms with Gasteiger partial charge in [0, 0.05) is 10.0 Å². The molecule has 1 heterocycles. The number of hydrogen-bond donors (Lipinski definition) is 1. The second kappa shape index (κ2) is 4.29. The first-order valence-electron chi connectivity index (χ1n) is 4.46. The Bertz CT molecular complexity index is 628. The lowest BCUT2D eigenvalue weighted by Gasteiger charge is -2.00. The number of rotatable bonds is 1. The molecule has 1 aromatic heterocycles. The van der Waals surface area contributed by atoms with E-state index in [4.69, 9.17) is 5.26 Å². The molecule has 0 unspecified atom stereocenters. The summed E-state index contributed by atoms with van der Waals surface area (Å²) in [6.07, 6.45) is 1.27. The van der Waals surface area contributed by atoms with Gasteiger partial charge in [-0.15, -0.1) is 0 Å². The molecular weight excluding hydrogens is 270 g/mol. The molecule has 5 heteroatoms. The normalized spacial score (nSPS) is 9.75. The van der Waals surface area contributed by atoms with Crippen LogP contribution in [0.2, 0.25) is 0 Å². The van der Waals surface area contributed by atoms with Gasteiger partial charge in [0.2, 0.25) is 0 Å². The number of aromatic amines is 1. The Labute approximate surface area is 99.7 Å². The van der Waals surface area contributed by atoms with Gasteiger partial charge in [0.25, 0.3) is 5.56 Å². The van der Waals surface area contributed by atoms with Crippen LogP contribution in [0.25, 0.3) is 11.4 Å². The van der Waals surface area contributed by atoms with Crippen molar-refractivity contribution in [1.29, 1.82) is 5.26 Å². The Kier molecular flexibility index (Phi) is 2.84. The third-order valence-electron chi connectivity index (χ3n) is 2.02. The molecule has 0 spiro atoms.